The van der Waals surface area contributed by atoms with E-state index in [4.69, 9.17) is 0 Å². The Morgan fingerprint density at radius 2 is 2.18 bits per heavy atom. The summed E-state index contributed by atoms with van der Waals surface area (Å²) in [4.78, 5) is 0. The lowest BCUT2D eigenvalue weighted by molar-refractivity contribution is 0.510. The van der Waals surface area contributed by atoms with Crippen LogP contribution < -0.4 is 0 Å². The molecule has 0 radical (unpaired) electrons. The predicted molar refractivity (Wildman–Crippen MR) is 45.9 cm³/mol. The van der Waals surface area contributed by atoms with Gasteiger partial charge in [0, 0.05) is 6.42 Å². The molecule has 0 amide bonds. The van der Waals surface area contributed by atoms with Gasteiger partial charge in [0.25, 0.3) is 0 Å². The minimum Gasteiger partial charge on any atom is -0.211 e. The highest BCUT2D eigenvalue weighted by atomic mass is 19.1. The van der Waals surface area contributed by atoms with Crippen molar-refractivity contribution in [3.8, 4) is 0 Å². The van der Waals surface area contributed by atoms with Gasteiger partial charge in [0.1, 0.15) is 5.83 Å². The van der Waals surface area contributed by atoms with Gasteiger partial charge in [0.15, 0.2) is 0 Å². The van der Waals surface area contributed by atoms with E-state index in [0.29, 0.717) is 18.3 Å². The zero-order valence-corrected chi connectivity index (χ0v) is 7.39. The second kappa shape index (κ2) is 3.21. The Labute approximate surface area is 67.8 Å². The van der Waals surface area contributed by atoms with Crippen LogP contribution in [0.1, 0.15) is 27.2 Å². The molecule has 1 rings (SSSR count). The maximum absolute atomic E-state index is 13.2. The summed E-state index contributed by atoms with van der Waals surface area (Å²) in [6.07, 6.45) is 4.59. The lowest BCUT2D eigenvalue weighted by atomic mass is 9.91. The fourth-order valence-corrected chi connectivity index (χ4v) is 1.33. The maximum Gasteiger partial charge on any atom is 0.104 e. The van der Waals surface area contributed by atoms with Crippen molar-refractivity contribution in [2.45, 2.75) is 27.2 Å². The van der Waals surface area contributed by atoms with Crippen LogP contribution in [0.4, 0.5) is 4.39 Å². The number of allylic oxidation sites excluding steroid dienone is 4. The SMILES string of the molecule is CC1C=CC(C(C)C)=C(F)C1. The fourth-order valence-electron chi connectivity index (χ4n) is 1.33. The normalized spacial score (nSPS) is 25.0. The Kier molecular flexibility index (Phi) is 2.48. The quantitative estimate of drug-likeness (QED) is 0.542. The number of hydrogen-bond donors (Lipinski definition) is 0. The minimum absolute atomic E-state index is 0.0787. The molecule has 0 spiro atoms. The molecule has 1 aliphatic rings. The first-order chi connectivity index (χ1) is 5.11. The van der Waals surface area contributed by atoms with E-state index in [2.05, 4.69) is 6.08 Å². The van der Waals surface area contributed by atoms with Gasteiger partial charge in [0.05, 0.1) is 0 Å². The molecule has 0 nitrogen and oxygen atoms in total. The van der Waals surface area contributed by atoms with Crippen molar-refractivity contribution in [2.75, 3.05) is 0 Å². The Morgan fingerprint density at radius 1 is 1.55 bits per heavy atom. The summed E-state index contributed by atoms with van der Waals surface area (Å²) < 4.78 is 13.2. The highest BCUT2D eigenvalue weighted by molar-refractivity contribution is 5.28. The van der Waals surface area contributed by atoms with Crippen LogP contribution in [-0.2, 0) is 0 Å². The topological polar surface area (TPSA) is 0 Å². The van der Waals surface area contributed by atoms with Gasteiger partial charge < -0.3 is 0 Å². The molecule has 0 aliphatic heterocycles. The lowest BCUT2D eigenvalue weighted by Gasteiger charge is -2.16. The smallest absolute Gasteiger partial charge is 0.104 e. The monoisotopic (exact) mass is 154 g/mol. The third kappa shape index (κ3) is 1.92. The first-order valence-corrected chi connectivity index (χ1v) is 4.18. The van der Waals surface area contributed by atoms with Crippen LogP contribution in [0.2, 0.25) is 0 Å². The second-order valence-electron chi connectivity index (χ2n) is 3.56. The van der Waals surface area contributed by atoms with Crippen LogP contribution in [0.5, 0.6) is 0 Å². The summed E-state index contributed by atoms with van der Waals surface area (Å²) in [5.41, 5.74) is 0.878. The number of halogens is 1. The van der Waals surface area contributed by atoms with Gasteiger partial charge in [-0.15, -0.1) is 0 Å². The zero-order chi connectivity index (χ0) is 8.43. The Bertz CT molecular complexity index is 199. The predicted octanol–water partition coefficient (Wildman–Crippen LogP) is 3.46. The van der Waals surface area contributed by atoms with E-state index in [-0.39, 0.29) is 5.83 Å². The van der Waals surface area contributed by atoms with E-state index in [1.807, 2.05) is 26.8 Å². The van der Waals surface area contributed by atoms with E-state index < -0.39 is 0 Å². The molecular formula is C10H15F. The van der Waals surface area contributed by atoms with E-state index in [9.17, 15) is 4.39 Å². The Balaban J connectivity index is 2.80. The minimum atomic E-state index is 0.0787. The molecule has 1 atom stereocenters. The summed E-state index contributed by atoms with van der Waals surface area (Å²) >= 11 is 0. The average molecular weight is 154 g/mol. The van der Waals surface area contributed by atoms with Crippen LogP contribution >= 0.6 is 0 Å². The first-order valence-electron chi connectivity index (χ1n) is 4.18. The number of rotatable bonds is 1. The van der Waals surface area contributed by atoms with Crippen molar-refractivity contribution in [1.29, 1.82) is 0 Å². The second-order valence-corrected chi connectivity index (χ2v) is 3.56. The molecule has 0 aromatic rings. The molecule has 62 valence electrons. The van der Waals surface area contributed by atoms with Crippen molar-refractivity contribution in [3.05, 3.63) is 23.6 Å². The molecule has 0 bridgehead atoms. The summed E-state index contributed by atoms with van der Waals surface area (Å²) in [7, 11) is 0. The largest absolute Gasteiger partial charge is 0.211 e. The maximum atomic E-state index is 13.2. The molecular weight excluding hydrogens is 139 g/mol. The third-order valence-corrected chi connectivity index (χ3v) is 2.04. The van der Waals surface area contributed by atoms with Crippen molar-refractivity contribution in [2.24, 2.45) is 11.8 Å². The third-order valence-electron chi connectivity index (χ3n) is 2.04. The average Bonchev–Trinajstić information content (AvgIpc) is 1.85. The van der Waals surface area contributed by atoms with E-state index in [1.165, 1.54) is 0 Å². The molecule has 0 heterocycles. The standard InChI is InChI=1S/C10H15F/c1-7(2)9-5-4-8(3)6-10(9)11/h4-5,7-8H,6H2,1-3H3. The van der Waals surface area contributed by atoms with Crippen molar-refractivity contribution < 1.29 is 4.39 Å². The molecule has 11 heavy (non-hydrogen) atoms. The molecule has 0 saturated carbocycles. The summed E-state index contributed by atoms with van der Waals surface area (Å²) in [5.74, 6) is 0.770. The van der Waals surface area contributed by atoms with Gasteiger partial charge in [0.2, 0.25) is 0 Å². The van der Waals surface area contributed by atoms with Gasteiger partial charge in [-0.25, -0.2) is 4.39 Å². The molecule has 0 N–H and O–H groups in total. The van der Waals surface area contributed by atoms with E-state index in [1.54, 1.807) is 0 Å². The van der Waals surface area contributed by atoms with Gasteiger partial charge in [-0.05, 0) is 17.4 Å². The molecule has 1 unspecified atom stereocenters. The molecule has 0 fully saturated rings. The summed E-state index contributed by atoms with van der Waals surface area (Å²) in [6, 6.07) is 0. The molecule has 1 aliphatic carbocycles. The van der Waals surface area contributed by atoms with Crippen LogP contribution in [0, 0.1) is 11.8 Å². The molecule has 0 aromatic heterocycles. The van der Waals surface area contributed by atoms with E-state index >= 15 is 0 Å². The Hall–Kier alpha value is -0.590. The highest BCUT2D eigenvalue weighted by Crippen LogP contribution is 2.28. The number of hydrogen-bond acceptors (Lipinski definition) is 0. The highest BCUT2D eigenvalue weighted by Gasteiger charge is 2.14. The Morgan fingerprint density at radius 3 is 2.64 bits per heavy atom. The molecule has 0 aromatic carbocycles. The fraction of sp³-hybridized carbons (Fsp3) is 0.600. The van der Waals surface area contributed by atoms with Gasteiger partial charge in [-0.1, -0.05) is 32.9 Å². The van der Waals surface area contributed by atoms with Crippen LogP contribution in [-0.4, -0.2) is 0 Å². The molecule has 1 heteroatoms. The van der Waals surface area contributed by atoms with E-state index in [0.717, 1.165) is 5.57 Å². The van der Waals surface area contributed by atoms with Crippen molar-refractivity contribution in [1.82, 2.24) is 0 Å². The molecule has 0 saturated heterocycles. The lowest BCUT2D eigenvalue weighted by Crippen LogP contribution is -2.03. The van der Waals surface area contributed by atoms with Gasteiger partial charge >= 0.3 is 0 Å². The van der Waals surface area contributed by atoms with Crippen LogP contribution in [0.25, 0.3) is 0 Å². The zero-order valence-electron chi connectivity index (χ0n) is 7.39. The van der Waals surface area contributed by atoms with Crippen molar-refractivity contribution >= 4 is 0 Å². The van der Waals surface area contributed by atoms with Crippen LogP contribution in [0.15, 0.2) is 23.6 Å². The van der Waals surface area contributed by atoms with Crippen molar-refractivity contribution in [3.63, 3.8) is 0 Å². The summed E-state index contributed by atoms with van der Waals surface area (Å²) in [5, 5.41) is 0. The summed E-state index contributed by atoms with van der Waals surface area (Å²) in [6.45, 7) is 6.08. The van der Waals surface area contributed by atoms with Gasteiger partial charge in [-0.2, -0.15) is 0 Å². The first kappa shape index (κ1) is 8.51. The van der Waals surface area contributed by atoms with Gasteiger partial charge in [-0.3, -0.25) is 0 Å². The van der Waals surface area contributed by atoms with Crippen LogP contribution in [0.3, 0.4) is 0 Å².